The monoisotopic (exact) mass is 434 g/mol. The lowest BCUT2D eigenvalue weighted by atomic mass is 9.89. The standard InChI is InChI=1S/C29H26N2O2/c1-21-10-9-13-25(20-21)31(24-11-5-4-6-12-24)29(22-16-18-23(19-17-22)30(2)3)27-15-8-7-14-26(27)28(32)33-29/h4-20H,1-3H3. The summed E-state index contributed by atoms with van der Waals surface area (Å²) in [5, 5.41) is 0. The van der Waals surface area contributed by atoms with Crippen LogP contribution >= 0.6 is 0 Å². The first-order valence-corrected chi connectivity index (χ1v) is 11.0. The number of ether oxygens (including phenoxy) is 1. The van der Waals surface area contributed by atoms with E-state index in [1.165, 1.54) is 0 Å². The number of carbonyl (C=O) groups is 1. The Kier molecular flexibility index (Phi) is 5.14. The fraction of sp³-hybridized carbons (Fsp3) is 0.138. The first-order valence-electron chi connectivity index (χ1n) is 11.0. The summed E-state index contributed by atoms with van der Waals surface area (Å²) in [5.41, 5.74) is 5.25. The predicted molar refractivity (Wildman–Crippen MR) is 133 cm³/mol. The highest BCUT2D eigenvalue weighted by atomic mass is 16.6. The summed E-state index contributed by atoms with van der Waals surface area (Å²) in [4.78, 5) is 17.4. The molecule has 1 heterocycles. The molecule has 1 aliphatic rings. The lowest BCUT2D eigenvalue weighted by Crippen LogP contribution is -2.45. The van der Waals surface area contributed by atoms with Gasteiger partial charge in [-0.2, -0.15) is 0 Å². The minimum absolute atomic E-state index is 0.323. The van der Waals surface area contributed by atoms with E-state index in [4.69, 9.17) is 4.74 Å². The van der Waals surface area contributed by atoms with Gasteiger partial charge in [0.1, 0.15) is 0 Å². The topological polar surface area (TPSA) is 32.8 Å². The molecule has 33 heavy (non-hydrogen) atoms. The van der Waals surface area contributed by atoms with E-state index in [0.717, 1.165) is 33.8 Å². The number of benzene rings is 4. The first kappa shape index (κ1) is 20.8. The number of anilines is 3. The Morgan fingerprint density at radius 3 is 2.06 bits per heavy atom. The van der Waals surface area contributed by atoms with Crippen molar-refractivity contribution in [2.45, 2.75) is 12.6 Å². The van der Waals surface area contributed by atoms with E-state index in [2.05, 4.69) is 59.2 Å². The molecule has 4 heteroatoms. The van der Waals surface area contributed by atoms with Crippen LogP contribution in [0.2, 0.25) is 0 Å². The van der Waals surface area contributed by atoms with Gasteiger partial charge in [-0.3, -0.25) is 4.90 Å². The van der Waals surface area contributed by atoms with Crippen LogP contribution in [-0.2, 0) is 10.5 Å². The maximum absolute atomic E-state index is 13.2. The number of para-hydroxylation sites is 1. The van der Waals surface area contributed by atoms with Gasteiger partial charge in [-0.25, -0.2) is 4.79 Å². The zero-order valence-electron chi connectivity index (χ0n) is 19.0. The lowest BCUT2D eigenvalue weighted by molar-refractivity contribution is 0.0134. The fourth-order valence-electron chi connectivity index (χ4n) is 4.55. The number of hydrogen-bond donors (Lipinski definition) is 0. The molecule has 0 amide bonds. The van der Waals surface area contributed by atoms with Gasteiger partial charge in [-0.05, 0) is 55.0 Å². The fourth-order valence-corrected chi connectivity index (χ4v) is 4.55. The van der Waals surface area contributed by atoms with Crippen molar-refractivity contribution in [2.24, 2.45) is 0 Å². The maximum atomic E-state index is 13.2. The third-order valence-electron chi connectivity index (χ3n) is 6.12. The van der Waals surface area contributed by atoms with E-state index >= 15 is 0 Å². The molecule has 1 aliphatic heterocycles. The number of esters is 1. The third kappa shape index (κ3) is 3.44. The molecule has 4 aromatic carbocycles. The largest absolute Gasteiger partial charge is 0.426 e. The zero-order valence-corrected chi connectivity index (χ0v) is 19.0. The molecule has 0 spiro atoms. The summed E-state index contributed by atoms with van der Waals surface area (Å²) in [6, 6.07) is 34.3. The molecule has 0 saturated carbocycles. The van der Waals surface area contributed by atoms with Gasteiger partial charge < -0.3 is 9.64 Å². The minimum Gasteiger partial charge on any atom is -0.426 e. The van der Waals surface area contributed by atoms with Crippen molar-refractivity contribution in [3.8, 4) is 0 Å². The number of rotatable bonds is 5. The Hall–Kier alpha value is -4.05. The lowest BCUT2D eigenvalue weighted by Gasteiger charge is -2.42. The van der Waals surface area contributed by atoms with Crippen LogP contribution in [0.4, 0.5) is 17.1 Å². The molecule has 1 unspecified atom stereocenters. The second-order valence-corrected chi connectivity index (χ2v) is 8.53. The van der Waals surface area contributed by atoms with E-state index in [0.29, 0.717) is 5.56 Å². The van der Waals surface area contributed by atoms with Crippen molar-refractivity contribution in [2.75, 3.05) is 23.9 Å². The second-order valence-electron chi connectivity index (χ2n) is 8.53. The molecule has 4 aromatic rings. The molecule has 0 N–H and O–H groups in total. The van der Waals surface area contributed by atoms with Gasteiger partial charge in [-0.1, -0.05) is 60.7 Å². The Balaban J connectivity index is 1.84. The summed E-state index contributed by atoms with van der Waals surface area (Å²) in [5.74, 6) is -0.323. The summed E-state index contributed by atoms with van der Waals surface area (Å²) in [7, 11) is 4.03. The molecule has 1 atom stereocenters. The third-order valence-corrected chi connectivity index (χ3v) is 6.12. The smallest absolute Gasteiger partial charge is 0.341 e. The second kappa shape index (κ2) is 8.14. The van der Waals surface area contributed by atoms with Crippen molar-refractivity contribution >= 4 is 23.0 Å². The quantitative estimate of drug-likeness (QED) is 0.347. The van der Waals surface area contributed by atoms with E-state index in [1.807, 2.05) is 74.8 Å². The number of carbonyl (C=O) groups excluding carboxylic acids is 1. The van der Waals surface area contributed by atoms with Crippen LogP contribution in [0.25, 0.3) is 0 Å². The van der Waals surface area contributed by atoms with Gasteiger partial charge in [0.05, 0.1) is 5.56 Å². The van der Waals surface area contributed by atoms with Gasteiger partial charge >= 0.3 is 5.97 Å². The molecule has 0 radical (unpaired) electrons. The molecule has 0 aromatic heterocycles. The maximum Gasteiger partial charge on any atom is 0.341 e. The van der Waals surface area contributed by atoms with E-state index in [9.17, 15) is 4.79 Å². The van der Waals surface area contributed by atoms with Gasteiger partial charge in [-0.15, -0.1) is 0 Å². The predicted octanol–water partition coefficient (Wildman–Crippen LogP) is 6.27. The summed E-state index contributed by atoms with van der Waals surface area (Å²) >= 11 is 0. The zero-order chi connectivity index (χ0) is 23.0. The molecule has 0 aliphatic carbocycles. The number of cyclic esters (lactones) is 1. The van der Waals surface area contributed by atoms with Gasteiger partial charge in [0.15, 0.2) is 0 Å². The minimum atomic E-state index is -1.15. The van der Waals surface area contributed by atoms with Crippen LogP contribution in [0, 0.1) is 6.92 Å². The van der Waals surface area contributed by atoms with Gasteiger partial charge in [0, 0.05) is 42.3 Å². The van der Waals surface area contributed by atoms with Crippen molar-refractivity contribution in [3.05, 3.63) is 125 Å². The van der Waals surface area contributed by atoms with Crippen LogP contribution in [0.5, 0.6) is 0 Å². The Morgan fingerprint density at radius 2 is 1.36 bits per heavy atom. The van der Waals surface area contributed by atoms with Crippen molar-refractivity contribution < 1.29 is 9.53 Å². The SMILES string of the molecule is Cc1cccc(N(c2ccccc2)C2(c3ccc(N(C)C)cc3)OC(=O)c3ccccc32)c1. The van der Waals surface area contributed by atoms with Crippen LogP contribution in [0.1, 0.15) is 27.0 Å². The number of hydrogen-bond acceptors (Lipinski definition) is 4. The van der Waals surface area contributed by atoms with Gasteiger partial charge in [0.2, 0.25) is 5.72 Å². The highest BCUT2D eigenvalue weighted by molar-refractivity contribution is 5.96. The first-order chi connectivity index (χ1) is 16.0. The number of fused-ring (bicyclic) bond motifs is 1. The van der Waals surface area contributed by atoms with Crippen LogP contribution in [0.3, 0.4) is 0 Å². The van der Waals surface area contributed by atoms with Crippen LogP contribution in [0.15, 0.2) is 103 Å². The molecule has 164 valence electrons. The highest BCUT2D eigenvalue weighted by Gasteiger charge is 2.52. The average molecular weight is 435 g/mol. The van der Waals surface area contributed by atoms with E-state index in [1.54, 1.807) is 0 Å². The number of nitrogens with zero attached hydrogens (tertiary/aromatic N) is 2. The molecular formula is C29H26N2O2. The summed E-state index contributed by atoms with van der Waals surface area (Å²) < 4.78 is 6.39. The van der Waals surface area contributed by atoms with Crippen molar-refractivity contribution in [3.63, 3.8) is 0 Å². The van der Waals surface area contributed by atoms with E-state index < -0.39 is 5.72 Å². The Labute approximate surface area is 194 Å². The van der Waals surface area contributed by atoms with Crippen LogP contribution < -0.4 is 9.80 Å². The van der Waals surface area contributed by atoms with Crippen LogP contribution in [-0.4, -0.2) is 20.1 Å². The molecule has 5 rings (SSSR count). The molecule has 0 bridgehead atoms. The average Bonchev–Trinajstić information content (AvgIpc) is 3.13. The number of aryl methyl sites for hydroxylation is 1. The Morgan fingerprint density at radius 1 is 0.697 bits per heavy atom. The van der Waals surface area contributed by atoms with Crippen molar-refractivity contribution in [1.82, 2.24) is 0 Å². The van der Waals surface area contributed by atoms with Crippen molar-refractivity contribution in [1.29, 1.82) is 0 Å². The summed E-state index contributed by atoms with van der Waals surface area (Å²) in [6.45, 7) is 2.07. The highest BCUT2D eigenvalue weighted by Crippen LogP contribution is 2.50. The summed E-state index contributed by atoms with van der Waals surface area (Å²) in [6.07, 6.45) is 0. The molecule has 0 fully saturated rings. The Bertz CT molecular complexity index is 1300. The molecule has 4 nitrogen and oxygen atoms in total. The van der Waals surface area contributed by atoms with E-state index in [-0.39, 0.29) is 5.97 Å². The normalized spacial score (nSPS) is 16.8. The van der Waals surface area contributed by atoms with Gasteiger partial charge in [0.25, 0.3) is 0 Å². The molecular weight excluding hydrogens is 408 g/mol. The molecule has 0 saturated heterocycles.